The van der Waals surface area contributed by atoms with E-state index in [1.807, 2.05) is 12.1 Å². The molecule has 2 aromatic rings. The van der Waals surface area contributed by atoms with Gasteiger partial charge in [0.15, 0.2) is 0 Å². The molecule has 0 radical (unpaired) electrons. The molecule has 1 aromatic carbocycles. The zero-order valence-electron chi connectivity index (χ0n) is 10.1. The zero-order chi connectivity index (χ0) is 10.8. The lowest BCUT2D eigenvalue weighted by Gasteiger charge is -2.12. The van der Waals surface area contributed by atoms with Crippen LogP contribution in [-0.4, -0.2) is 16.1 Å². The predicted octanol–water partition coefficient (Wildman–Crippen LogP) is 2.96. The van der Waals surface area contributed by atoms with E-state index >= 15 is 0 Å². The number of hydrogen-bond donors (Lipinski definition) is 1. The van der Waals surface area contributed by atoms with Gasteiger partial charge >= 0.3 is 0 Å². The number of nitrogens with zero attached hydrogens (tertiary/aromatic N) is 2. The molecule has 0 fully saturated rings. The monoisotopic (exact) mass is 275 g/mol. The predicted molar refractivity (Wildman–Crippen MR) is 77.4 cm³/mol. The van der Waals surface area contributed by atoms with Gasteiger partial charge in [0.2, 0.25) is 0 Å². The molecule has 17 heavy (non-hydrogen) atoms. The van der Waals surface area contributed by atoms with Crippen LogP contribution in [0.15, 0.2) is 24.3 Å². The number of para-hydroxylation sites is 2. The van der Waals surface area contributed by atoms with E-state index in [4.69, 9.17) is 5.73 Å². The molecule has 0 aliphatic heterocycles. The summed E-state index contributed by atoms with van der Waals surface area (Å²) in [5, 5.41) is 0. The fourth-order valence-corrected chi connectivity index (χ4v) is 1.98. The van der Waals surface area contributed by atoms with Gasteiger partial charge < -0.3 is 10.3 Å². The highest BCUT2D eigenvalue weighted by Crippen LogP contribution is 2.20. The van der Waals surface area contributed by atoms with E-state index in [1.165, 1.54) is 5.52 Å². The summed E-state index contributed by atoms with van der Waals surface area (Å²) >= 11 is 0. The summed E-state index contributed by atoms with van der Waals surface area (Å²) in [4.78, 5) is 4.61. The average Bonchev–Trinajstić information content (AvgIpc) is 2.56. The first-order chi connectivity index (χ1) is 7.24. The number of aromatic nitrogens is 2. The standard InChI is InChI=1S/C12H17N3.2ClH/c1-9(2)15-11-6-4-3-5-10(11)14-12(15)7-8-13;;/h3-6,9H,7-8,13H2,1-2H3;2*1H. The number of fused-ring (bicyclic) bond motifs is 1. The number of rotatable bonds is 3. The molecule has 1 aromatic heterocycles. The maximum Gasteiger partial charge on any atom is 0.111 e. The van der Waals surface area contributed by atoms with Gasteiger partial charge in [0.1, 0.15) is 5.82 Å². The summed E-state index contributed by atoms with van der Waals surface area (Å²) in [6.45, 7) is 5.00. The largest absolute Gasteiger partial charge is 0.330 e. The van der Waals surface area contributed by atoms with Gasteiger partial charge in [-0.25, -0.2) is 4.98 Å². The van der Waals surface area contributed by atoms with Crippen LogP contribution < -0.4 is 5.73 Å². The van der Waals surface area contributed by atoms with Crippen LogP contribution in [0.5, 0.6) is 0 Å². The summed E-state index contributed by atoms with van der Waals surface area (Å²) < 4.78 is 2.27. The topological polar surface area (TPSA) is 43.8 Å². The Bertz CT molecular complexity index is 466. The molecular weight excluding hydrogens is 257 g/mol. The van der Waals surface area contributed by atoms with Crippen LogP contribution in [0.2, 0.25) is 0 Å². The van der Waals surface area contributed by atoms with Crippen molar-refractivity contribution in [3.63, 3.8) is 0 Å². The lowest BCUT2D eigenvalue weighted by atomic mass is 10.3. The van der Waals surface area contributed by atoms with E-state index in [0.29, 0.717) is 12.6 Å². The average molecular weight is 276 g/mol. The molecular formula is C12H19Cl2N3. The van der Waals surface area contributed by atoms with Gasteiger partial charge in [-0.05, 0) is 32.5 Å². The molecule has 0 amide bonds. The van der Waals surface area contributed by atoms with E-state index in [1.54, 1.807) is 0 Å². The second-order valence-corrected chi connectivity index (χ2v) is 4.02. The van der Waals surface area contributed by atoms with Crippen LogP contribution in [0, 0.1) is 0 Å². The lowest BCUT2D eigenvalue weighted by Crippen LogP contribution is -2.11. The Morgan fingerprint density at radius 3 is 2.47 bits per heavy atom. The Balaban J connectivity index is 0.00000128. The fourth-order valence-electron chi connectivity index (χ4n) is 1.98. The van der Waals surface area contributed by atoms with E-state index in [9.17, 15) is 0 Å². The fraction of sp³-hybridized carbons (Fsp3) is 0.417. The summed E-state index contributed by atoms with van der Waals surface area (Å²) in [5.41, 5.74) is 7.87. The van der Waals surface area contributed by atoms with E-state index in [2.05, 4.69) is 35.5 Å². The van der Waals surface area contributed by atoms with Gasteiger partial charge in [0, 0.05) is 12.5 Å². The molecule has 5 heteroatoms. The molecule has 96 valence electrons. The molecule has 0 aliphatic carbocycles. The van der Waals surface area contributed by atoms with Crippen LogP contribution >= 0.6 is 24.8 Å². The number of hydrogen-bond acceptors (Lipinski definition) is 2. The van der Waals surface area contributed by atoms with Crippen molar-refractivity contribution in [1.82, 2.24) is 9.55 Å². The smallest absolute Gasteiger partial charge is 0.111 e. The summed E-state index contributed by atoms with van der Waals surface area (Å²) in [6, 6.07) is 8.66. The molecule has 0 saturated carbocycles. The highest BCUT2D eigenvalue weighted by molar-refractivity contribution is 5.85. The van der Waals surface area contributed by atoms with Crippen molar-refractivity contribution in [2.75, 3.05) is 6.54 Å². The lowest BCUT2D eigenvalue weighted by molar-refractivity contribution is 0.584. The van der Waals surface area contributed by atoms with E-state index < -0.39 is 0 Å². The van der Waals surface area contributed by atoms with Crippen molar-refractivity contribution in [3.8, 4) is 0 Å². The highest BCUT2D eigenvalue weighted by atomic mass is 35.5. The molecule has 0 bridgehead atoms. The molecule has 0 saturated heterocycles. The maximum atomic E-state index is 5.60. The summed E-state index contributed by atoms with van der Waals surface area (Å²) in [5.74, 6) is 1.09. The van der Waals surface area contributed by atoms with Crippen molar-refractivity contribution in [2.24, 2.45) is 5.73 Å². The van der Waals surface area contributed by atoms with Gasteiger partial charge in [-0.1, -0.05) is 12.1 Å². The van der Waals surface area contributed by atoms with Crippen molar-refractivity contribution in [2.45, 2.75) is 26.3 Å². The number of halogens is 2. The van der Waals surface area contributed by atoms with Crippen molar-refractivity contribution >= 4 is 35.8 Å². The third-order valence-corrected chi connectivity index (χ3v) is 2.55. The zero-order valence-corrected chi connectivity index (χ0v) is 11.7. The second-order valence-electron chi connectivity index (χ2n) is 4.02. The Labute approximate surface area is 114 Å². The van der Waals surface area contributed by atoms with Gasteiger partial charge in [-0.3, -0.25) is 0 Å². The van der Waals surface area contributed by atoms with Crippen LogP contribution in [0.25, 0.3) is 11.0 Å². The number of nitrogens with two attached hydrogens (primary N) is 1. The first-order valence-electron chi connectivity index (χ1n) is 5.40. The van der Waals surface area contributed by atoms with Crippen LogP contribution in [0.1, 0.15) is 25.7 Å². The number of imidazole rings is 1. The van der Waals surface area contributed by atoms with Gasteiger partial charge in [0.05, 0.1) is 11.0 Å². The molecule has 0 aliphatic rings. The van der Waals surface area contributed by atoms with Crippen molar-refractivity contribution in [1.29, 1.82) is 0 Å². The molecule has 0 spiro atoms. The van der Waals surface area contributed by atoms with Gasteiger partial charge in [0.25, 0.3) is 0 Å². The Kier molecular flexibility index (Phi) is 6.53. The SMILES string of the molecule is CC(C)n1c(CCN)nc2ccccc21.Cl.Cl. The first-order valence-corrected chi connectivity index (χ1v) is 5.40. The molecule has 1 heterocycles. The molecule has 0 unspecified atom stereocenters. The third-order valence-electron chi connectivity index (χ3n) is 2.55. The molecule has 2 rings (SSSR count). The van der Waals surface area contributed by atoms with Gasteiger partial charge in [-0.15, -0.1) is 24.8 Å². The quantitative estimate of drug-likeness (QED) is 0.936. The van der Waals surface area contributed by atoms with E-state index in [0.717, 1.165) is 17.8 Å². The maximum absolute atomic E-state index is 5.60. The highest BCUT2D eigenvalue weighted by Gasteiger charge is 2.11. The minimum atomic E-state index is 0. The Morgan fingerprint density at radius 2 is 1.88 bits per heavy atom. The Morgan fingerprint density at radius 1 is 1.24 bits per heavy atom. The van der Waals surface area contributed by atoms with Crippen molar-refractivity contribution in [3.05, 3.63) is 30.1 Å². The summed E-state index contributed by atoms with van der Waals surface area (Å²) in [7, 11) is 0. The Hall–Kier alpha value is -0.770. The normalized spacial score (nSPS) is 10.1. The molecule has 2 N–H and O–H groups in total. The summed E-state index contributed by atoms with van der Waals surface area (Å²) in [6.07, 6.45) is 0.840. The van der Waals surface area contributed by atoms with Crippen LogP contribution in [0.4, 0.5) is 0 Å². The third kappa shape index (κ3) is 3.12. The van der Waals surface area contributed by atoms with Gasteiger partial charge in [-0.2, -0.15) is 0 Å². The van der Waals surface area contributed by atoms with E-state index in [-0.39, 0.29) is 24.8 Å². The minimum Gasteiger partial charge on any atom is -0.330 e. The molecule has 3 nitrogen and oxygen atoms in total. The van der Waals surface area contributed by atoms with Crippen LogP contribution in [-0.2, 0) is 6.42 Å². The second kappa shape index (κ2) is 6.84. The molecule has 0 atom stereocenters. The minimum absolute atomic E-state index is 0. The van der Waals surface area contributed by atoms with Crippen LogP contribution in [0.3, 0.4) is 0 Å². The first kappa shape index (κ1) is 16.2. The number of benzene rings is 1. The van der Waals surface area contributed by atoms with Crippen molar-refractivity contribution < 1.29 is 0 Å².